The number of benzene rings is 2. The van der Waals surface area contributed by atoms with Crippen LogP contribution >= 0.6 is 0 Å². The largest absolute Gasteiger partial charge is 0.490 e. The molecule has 8 nitrogen and oxygen atoms in total. The topological polar surface area (TPSA) is 124 Å². The summed E-state index contributed by atoms with van der Waals surface area (Å²) in [7, 11) is 0. The lowest BCUT2D eigenvalue weighted by atomic mass is 10.0. The Hall–Kier alpha value is -4.41. The molecule has 1 unspecified atom stereocenters. The van der Waals surface area contributed by atoms with Gasteiger partial charge in [-0.25, -0.2) is 9.78 Å². The second-order valence-electron chi connectivity index (χ2n) is 8.43. The van der Waals surface area contributed by atoms with E-state index in [1.165, 1.54) is 11.1 Å². The second kappa shape index (κ2) is 12.0. The van der Waals surface area contributed by atoms with Crippen LogP contribution in [0.15, 0.2) is 67.1 Å². The Labute approximate surface area is 211 Å². The van der Waals surface area contributed by atoms with Crippen molar-refractivity contribution in [3.8, 4) is 11.3 Å². The van der Waals surface area contributed by atoms with E-state index in [-0.39, 0.29) is 11.9 Å². The predicted octanol–water partition coefficient (Wildman–Crippen LogP) is 4.63. The van der Waals surface area contributed by atoms with Crippen molar-refractivity contribution >= 4 is 11.9 Å². The van der Waals surface area contributed by atoms with Gasteiger partial charge in [0, 0.05) is 29.9 Å². The maximum absolute atomic E-state index is 12.9. The number of imidazole rings is 1. The highest BCUT2D eigenvalue weighted by Crippen LogP contribution is 2.23. The lowest BCUT2D eigenvalue weighted by Gasteiger charge is -2.18. The Morgan fingerprint density at radius 1 is 1.05 bits per heavy atom. The van der Waals surface area contributed by atoms with Crippen LogP contribution in [0.3, 0.4) is 0 Å². The van der Waals surface area contributed by atoms with Gasteiger partial charge in [-0.05, 0) is 37.5 Å². The first-order valence-corrected chi connectivity index (χ1v) is 11.3. The molecule has 0 saturated heterocycles. The number of aromatic amines is 2. The number of H-pyrrole nitrogens is 2. The van der Waals surface area contributed by atoms with E-state index in [4.69, 9.17) is 9.90 Å². The number of nitrogens with zero attached hydrogens (tertiary/aromatic N) is 2. The number of nitrogens with one attached hydrogen (secondary N) is 3. The van der Waals surface area contributed by atoms with Gasteiger partial charge in [0.2, 0.25) is 0 Å². The van der Waals surface area contributed by atoms with Gasteiger partial charge in [-0.2, -0.15) is 18.3 Å². The Morgan fingerprint density at radius 2 is 1.76 bits per heavy atom. The van der Waals surface area contributed by atoms with Gasteiger partial charge in [0.05, 0.1) is 12.0 Å². The van der Waals surface area contributed by atoms with E-state index in [2.05, 4.69) is 63.6 Å². The van der Waals surface area contributed by atoms with E-state index in [9.17, 15) is 18.0 Å². The van der Waals surface area contributed by atoms with Gasteiger partial charge in [-0.3, -0.25) is 9.89 Å². The molecule has 0 fully saturated rings. The van der Waals surface area contributed by atoms with Crippen molar-refractivity contribution in [2.45, 2.75) is 38.9 Å². The van der Waals surface area contributed by atoms with Crippen molar-refractivity contribution < 1.29 is 27.9 Å². The van der Waals surface area contributed by atoms with Crippen LogP contribution in [0, 0.1) is 13.8 Å². The van der Waals surface area contributed by atoms with Gasteiger partial charge in [-0.1, -0.05) is 54.1 Å². The van der Waals surface area contributed by atoms with Crippen LogP contribution in [0.4, 0.5) is 13.2 Å². The fraction of sp³-hybridized carbons (Fsp3) is 0.231. The SMILES string of the molecule is Cc1ccc(-c2cc(C(=O)NC(Cc3ccccc3)Cc3cnc[nH]3)[nH]n2)c(C)c1.O=C(O)C(F)(F)F. The molecule has 0 saturated carbocycles. The van der Waals surface area contributed by atoms with Crippen molar-refractivity contribution in [1.29, 1.82) is 0 Å². The van der Waals surface area contributed by atoms with Gasteiger partial charge < -0.3 is 15.4 Å². The van der Waals surface area contributed by atoms with Gasteiger partial charge in [-0.15, -0.1) is 0 Å². The summed E-state index contributed by atoms with van der Waals surface area (Å²) in [6.45, 7) is 4.11. The molecule has 2 heterocycles. The van der Waals surface area contributed by atoms with Crippen LogP contribution in [0.25, 0.3) is 11.3 Å². The van der Waals surface area contributed by atoms with Gasteiger partial charge in [0.15, 0.2) is 0 Å². The third kappa shape index (κ3) is 8.06. The first-order valence-electron chi connectivity index (χ1n) is 11.3. The Bertz CT molecular complexity index is 1320. The molecule has 0 radical (unpaired) electrons. The normalized spacial score (nSPS) is 11.8. The van der Waals surface area contributed by atoms with E-state index in [1.54, 1.807) is 12.5 Å². The van der Waals surface area contributed by atoms with E-state index in [0.717, 1.165) is 28.9 Å². The molecule has 0 aliphatic carbocycles. The molecule has 0 spiro atoms. The fourth-order valence-electron chi connectivity index (χ4n) is 3.67. The van der Waals surface area contributed by atoms with Crippen LogP contribution in [0.5, 0.6) is 0 Å². The highest BCUT2D eigenvalue weighted by Gasteiger charge is 2.38. The van der Waals surface area contributed by atoms with Crippen molar-refractivity contribution in [1.82, 2.24) is 25.5 Å². The summed E-state index contributed by atoms with van der Waals surface area (Å²) in [5, 5.41) is 17.5. The van der Waals surface area contributed by atoms with Crippen LogP contribution in [-0.4, -0.2) is 49.4 Å². The standard InChI is InChI=1S/C24H25N5O.C2HF3O2/c1-16-8-9-21(17(2)10-16)22-13-23(29-28-22)24(30)27-19(12-20-14-25-15-26-20)11-18-6-4-3-5-7-18;3-2(4,5)1(6)7/h3-10,13-15,19H,11-12H2,1-2H3,(H,25,26)(H,27,30)(H,28,29);(H,6,7). The number of aromatic nitrogens is 4. The minimum atomic E-state index is -5.08. The molecular formula is C26H26F3N5O3. The highest BCUT2D eigenvalue weighted by atomic mass is 19.4. The van der Waals surface area contributed by atoms with E-state index >= 15 is 0 Å². The number of rotatable bonds is 7. The maximum atomic E-state index is 12.9. The maximum Gasteiger partial charge on any atom is 0.490 e. The van der Waals surface area contributed by atoms with Gasteiger partial charge in [0.25, 0.3) is 5.91 Å². The summed E-state index contributed by atoms with van der Waals surface area (Å²) in [5.41, 5.74) is 6.73. The van der Waals surface area contributed by atoms with Crippen molar-refractivity contribution in [3.05, 3.63) is 95.2 Å². The molecule has 2 aromatic carbocycles. The number of hydrogen-bond acceptors (Lipinski definition) is 4. The average Bonchev–Trinajstić information content (AvgIpc) is 3.52. The number of carbonyl (C=O) groups is 2. The molecule has 1 atom stereocenters. The monoisotopic (exact) mass is 513 g/mol. The average molecular weight is 514 g/mol. The number of halogens is 3. The number of aryl methyl sites for hydroxylation is 2. The molecule has 37 heavy (non-hydrogen) atoms. The molecule has 0 bridgehead atoms. The molecule has 4 N–H and O–H groups in total. The van der Waals surface area contributed by atoms with Crippen LogP contribution in [-0.2, 0) is 17.6 Å². The zero-order valence-corrected chi connectivity index (χ0v) is 20.1. The van der Waals surface area contributed by atoms with Crippen molar-refractivity contribution in [2.24, 2.45) is 0 Å². The summed E-state index contributed by atoms with van der Waals surface area (Å²) in [6, 6.07) is 18.1. The molecular weight excluding hydrogens is 487 g/mol. The van der Waals surface area contributed by atoms with Crippen molar-refractivity contribution in [3.63, 3.8) is 0 Å². The Kier molecular flexibility index (Phi) is 8.83. The number of carboxylic acids is 1. The summed E-state index contributed by atoms with van der Waals surface area (Å²) >= 11 is 0. The third-order valence-electron chi connectivity index (χ3n) is 5.40. The minimum Gasteiger partial charge on any atom is -0.475 e. The van der Waals surface area contributed by atoms with E-state index < -0.39 is 12.1 Å². The number of amides is 1. The Balaban J connectivity index is 0.000000479. The zero-order chi connectivity index (χ0) is 27.0. The molecule has 11 heteroatoms. The van der Waals surface area contributed by atoms with Crippen LogP contribution in [0.2, 0.25) is 0 Å². The first-order chi connectivity index (χ1) is 17.5. The first kappa shape index (κ1) is 27.2. The van der Waals surface area contributed by atoms with Gasteiger partial charge in [0.1, 0.15) is 5.69 Å². The van der Waals surface area contributed by atoms with E-state index in [0.29, 0.717) is 12.1 Å². The minimum absolute atomic E-state index is 0.0757. The number of carboxylic acid groups (broad SMARTS) is 1. The fourth-order valence-corrected chi connectivity index (χ4v) is 3.67. The molecule has 4 rings (SSSR count). The van der Waals surface area contributed by atoms with Crippen LogP contribution in [0.1, 0.15) is 32.9 Å². The van der Waals surface area contributed by atoms with Gasteiger partial charge >= 0.3 is 12.1 Å². The summed E-state index contributed by atoms with van der Waals surface area (Å²) in [6.07, 6.45) is -0.247. The molecule has 1 amide bonds. The second-order valence-corrected chi connectivity index (χ2v) is 8.43. The molecule has 0 aliphatic heterocycles. The quantitative estimate of drug-likeness (QED) is 0.287. The predicted molar refractivity (Wildman–Crippen MR) is 131 cm³/mol. The summed E-state index contributed by atoms with van der Waals surface area (Å²) in [4.78, 5) is 29.1. The molecule has 2 aromatic heterocycles. The summed E-state index contributed by atoms with van der Waals surface area (Å²) < 4.78 is 31.7. The molecule has 194 valence electrons. The van der Waals surface area contributed by atoms with E-state index in [1.807, 2.05) is 30.3 Å². The Morgan fingerprint density at radius 3 is 2.35 bits per heavy atom. The lowest BCUT2D eigenvalue weighted by molar-refractivity contribution is -0.192. The van der Waals surface area contributed by atoms with Crippen molar-refractivity contribution in [2.75, 3.05) is 0 Å². The molecule has 4 aromatic rings. The smallest absolute Gasteiger partial charge is 0.475 e. The number of alkyl halides is 3. The van der Waals surface area contributed by atoms with Crippen LogP contribution < -0.4 is 5.32 Å². The highest BCUT2D eigenvalue weighted by molar-refractivity contribution is 5.93. The summed E-state index contributed by atoms with van der Waals surface area (Å²) in [5.74, 6) is -2.92. The third-order valence-corrected chi connectivity index (χ3v) is 5.40. The zero-order valence-electron chi connectivity index (χ0n) is 20.1. The number of hydrogen-bond donors (Lipinski definition) is 4. The lowest BCUT2D eigenvalue weighted by Crippen LogP contribution is -2.38. The number of aliphatic carboxylic acids is 1. The number of carbonyl (C=O) groups excluding carboxylic acids is 1. The molecule has 0 aliphatic rings.